The largest absolute Gasteiger partial charge is 0.352 e. The Kier molecular flexibility index (Phi) is 52.5. The van der Waals surface area contributed by atoms with Crippen molar-refractivity contribution in [1.29, 1.82) is 0 Å². The van der Waals surface area contributed by atoms with E-state index in [-0.39, 0.29) is 0 Å². The van der Waals surface area contributed by atoms with Crippen LogP contribution in [0.3, 0.4) is 0 Å². The van der Waals surface area contributed by atoms with Crippen molar-refractivity contribution in [3.05, 3.63) is 0 Å². The maximum atomic E-state index is 7.12. The minimum absolute atomic E-state index is 0.403. The van der Waals surface area contributed by atoms with Crippen LogP contribution in [-0.4, -0.2) is 50.4 Å². The number of nitrogens with two attached hydrogens (primary N) is 2. The van der Waals surface area contributed by atoms with Gasteiger partial charge in [-0.15, -0.1) is 0 Å². The van der Waals surface area contributed by atoms with Crippen LogP contribution in [0.15, 0.2) is 0 Å². The van der Waals surface area contributed by atoms with Gasteiger partial charge in [-0.05, 0) is 25.7 Å². The summed E-state index contributed by atoms with van der Waals surface area (Å²) < 4.78 is 26.5. The maximum Gasteiger partial charge on any atom is 0.260 e. The lowest BCUT2D eigenvalue weighted by Gasteiger charge is -2.31. The normalized spacial score (nSPS) is 12.0. The van der Waals surface area contributed by atoms with Gasteiger partial charge in [0.05, 0.1) is 26.1 Å². The molecule has 0 aromatic heterocycles. The number of hydrogen-bond donors (Lipinski definition) is 2. The first kappa shape index (κ1) is 63.2. The molecule has 4 N–H and O–H groups in total. The highest BCUT2D eigenvalue weighted by Crippen LogP contribution is 2.24. The molecule has 0 heterocycles. The molecule has 0 radical (unpaired) electrons. The van der Waals surface area contributed by atoms with Gasteiger partial charge in [0, 0.05) is 13.2 Å². The third kappa shape index (κ3) is 43.7. The van der Waals surface area contributed by atoms with Crippen molar-refractivity contribution in [2.75, 3.05) is 26.4 Å². The van der Waals surface area contributed by atoms with E-state index in [1.165, 1.54) is 257 Å². The van der Waals surface area contributed by atoms with E-state index in [1.807, 2.05) is 0 Å². The summed E-state index contributed by atoms with van der Waals surface area (Å²) in [5, 5.41) is 13.3. The topological polar surface area (TPSA) is 88.1 Å². The Morgan fingerprint density at radius 2 is 0.562 bits per heavy atom. The molecule has 382 valence electrons. The smallest absolute Gasteiger partial charge is 0.260 e. The summed E-state index contributed by atoms with van der Waals surface area (Å²) >= 11 is 0. The zero-order valence-corrected chi connectivity index (χ0v) is 44.3. The van der Waals surface area contributed by atoms with E-state index in [4.69, 9.17) is 29.8 Å². The van der Waals surface area contributed by atoms with Gasteiger partial charge in [-0.25, -0.2) is 0 Å². The van der Waals surface area contributed by atoms with Crippen LogP contribution in [0.1, 0.15) is 323 Å². The van der Waals surface area contributed by atoms with Gasteiger partial charge in [-0.2, -0.15) is 0 Å². The van der Waals surface area contributed by atoms with E-state index in [1.54, 1.807) is 6.21 Å². The van der Waals surface area contributed by atoms with Gasteiger partial charge in [0.25, 0.3) is 5.79 Å². The molecule has 64 heavy (non-hydrogen) atoms. The summed E-state index contributed by atoms with van der Waals surface area (Å²) in [6, 6.07) is 0. The van der Waals surface area contributed by atoms with Crippen LogP contribution in [0.25, 0.3) is 0 Å². The molecule has 0 fully saturated rings. The van der Waals surface area contributed by atoms with Crippen molar-refractivity contribution >= 4 is 11.9 Å². The van der Waals surface area contributed by atoms with Gasteiger partial charge in [-0.1, -0.05) is 285 Å². The molecule has 0 saturated carbocycles. The van der Waals surface area contributed by atoms with Gasteiger partial charge >= 0.3 is 0 Å². The summed E-state index contributed by atoms with van der Waals surface area (Å²) in [6.07, 6.45) is 60.0. The average molecular weight is 908 g/mol. The van der Waals surface area contributed by atoms with E-state index < -0.39 is 12.1 Å². The molecule has 0 bridgehead atoms. The maximum absolute atomic E-state index is 7.12. The highest BCUT2D eigenvalue weighted by atomic mass is 16.7. The summed E-state index contributed by atoms with van der Waals surface area (Å²) in [4.78, 5) is 0. The minimum atomic E-state index is -1.05. The molecule has 6 nitrogen and oxygen atoms in total. The Balaban J connectivity index is 5.29. The standard InChI is InChI=1S/C58H116N2O4/c1-5-9-13-17-21-25-29-31-35-39-43-47-53-63-58(49-50-59,64-54-48-44-40-36-32-30-26-22-18-14-10-6-2)56(60)55-57(61-51-45-41-37-33-27-23-19-15-11-7-3)62-52-46-42-38-34-28-24-20-16-12-8-4/h50,57,59-60H,5-49,51-55H2,1-4H3/p+2. The molecule has 0 amide bonds. The van der Waals surface area contributed by atoms with Gasteiger partial charge in [0.15, 0.2) is 6.29 Å². The lowest BCUT2D eigenvalue weighted by molar-refractivity contribution is -0.236. The third-order valence-corrected chi connectivity index (χ3v) is 13.5. The zero-order valence-electron chi connectivity index (χ0n) is 44.3. The molecule has 0 aliphatic rings. The Hall–Kier alpha value is -0.820. The summed E-state index contributed by atoms with van der Waals surface area (Å²) in [5.41, 5.74) is 0.656. The molecule has 0 aromatic carbocycles. The highest BCUT2D eigenvalue weighted by Gasteiger charge is 2.43. The summed E-state index contributed by atoms with van der Waals surface area (Å²) in [7, 11) is 0. The second kappa shape index (κ2) is 53.1. The second-order valence-corrected chi connectivity index (χ2v) is 19.9. The first-order valence-electron chi connectivity index (χ1n) is 29.3. The van der Waals surface area contributed by atoms with Crippen LogP contribution in [-0.2, 0) is 18.9 Å². The third-order valence-electron chi connectivity index (χ3n) is 13.5. The molecular formula is C58H118N2O4+2. The first-order chi connectivity index (χ1) is 31.6. The predicted molar refractivity (Wildman–Crippen MR) is 280 cm³/mol. The van der Waals surface area contributed by atoms with E-state index in [0.29, 0.717) is 45.0 Å². The molecule has 0 spiro atoms. The average Bonchev–Trinajstić information content (AvgIpc) is 3.30. The highest BCUT2D eigenvalue weighted by molar-refractivity contribution is 5.88. The Labute approximate surface area is 401 Å². The summed E-state index contributed by atoms with van der Waals surface area (Å²) in [5.74, 6) is -1.05. The van der Waals surface area contributed by atoms with Crippen molar-refractivity contribution in [1.82, 2.24) is 0 Å². The van der Waals surface area contributed by atoms with Crippen LogP contribution >= 0.6 is 0 Å². The number of ether oxygens (including phenoxy) is 4. The van der Waals surface area contributed by atoms with Gasteiger partial charge < -0.3 is 18.9 Å². The Morgan fingerprint density at radius 3 is 0.797 bits per heavy atom. The van der Waals surface area contributed by atoms with Gasteiger partial charge in [0.1, 0.15) is 6.21 Å². The lowest BCUT2D eigenvalue weighted by atomic mass is 10.0. The van der Waals surface area contributed by atoms with E-state index >= 15 is 0 Å². The van der Waals surface area contributed by atoms with Gasteiger partial charge in [-0.3, -0.25) is 10.8 Å². The number of rotatable bonds is 57. The number of unbranched alkanes of at least 4 members (excludes halogenated alkanes) is 40. The van der Waals surface area contributed by atoms with Crippen LogP contribution in [0.5, 0.6) is 0 Å². The molecule has 6 heteroatoms. The van der Waals surface area contributed by atoms with Crippen molar-refractivity contribution in [2.24, 2.45) is 0 Å². The van der Waals surface area contributed by atoms with Crippen LogP contribution in [0.4, 0.5) is 0 Å². The van der Waals surface area contributed by atoms with Crippen molar-refractivity contribution in [3.63, 3.8) is 0 Å². The van der Waals surface area contributed by atoms with Crippen LogP contribution in [0, 0.1) is 0 Å². The Morgan fingerprint density at radius 1 is 0.344 bits per heavy atom. The van der Waals surface area contributed by atoms with E-state index in [9.17, 15) is 0 Å². The van der Waals surface area contributed by atoms with Crippen LogP contribution in [0.2, 0.25) is 0 Å². The molecule has 0 aliphatic carbocycles. The second-order valence-electron chi connectivity index (χ2n) is 19.9. The summed E-state index contributed by atoms with van der Waals surface area (Å²) in [6.45, 7) is 11.8. The minimum Gasteiger partial charge on any atom is -0.352 e. The van der Waals surface area contributed by atoms with E-state index in [0.717, 1.165) is 25.7 Å². The lowest BCUT2D eigenvalue weighted by Crippen LogP contribution is -2.60. The van der Waals surface area contributed by atoms with E-state index in [2.05, 4.69) is 27.7 Å². The van der Waals surface area contributed by atoms with Crippen LogP contribution < -0.4 is 10.8 Å². The fourth-order valence-corrected chi connectivity index (χ4v) is 9.10. The molecular weight excluding hydrogens is 789 g/mol. The molecule has 0 unspecified atom stereocenters. The molecule has 0 aromatic rings. The fourth-order valence-electron chi connectivity index (χ4n) is 9.10. The predicted octanol–water partition coefficient (Wildman–Crippen LogP) is 16.1. The van der Waals surface area contributed by atoms with Crippen molar-refractivity contribution < 1.29 is 29.8 Å². The quantitative estimate of drug-likeness (QED) is 0.0361. The molecule has 0 rings (SSSR count). The zero-order chi connectivity index (χ0) is 46.5. The first-order valence-corrected chi connectivity index (χ1v) is 29.3. The SMILES string of the molecule is CCCCCCCCCCCCCCOC(CC=[NH2+])(OCCCCCCCCCCCCCC)C(=[NH2+])CC(OCCCCCCCCCCCC)OCCCCCCCCCCCC. The Bertz CT molecular complexity index is 859. The van der Waals surface area contributed by atoms with Crippen molar-refractivity contribution in [2.45, 2.75) is 335 Å². The fraction of sp³-hybridized carbons (Fsp3) is 0.966. The molecule has 0 aliphatic heterocycles. The van der Waals surface area contributed by atoms with Gasteiger partial charge in [0.2, 0.25) is 5.71 Å². The van der Waals surface area contributed by atoms with Crippen molar-refractivity contribution in [3.8, 4) is 0 Å². The molecule has 0 atom stereocenters. The monoisotopic (exact) mass is 907 g/mol. The number of hydrogen-bond acceptors (Lipinski definition) is 4. The molecule has 0 saturated heterocycles.